The molecule has 0 bridgehead atoms. The first-order valence-electron chi connectivity index (χ1n) is 6.15. The molecule has 0 aliphatic carbocycles. The third kappa shape index (κ3) is 3.90. The maximum absolute atomic E-state index is 12.0. The zero-order chi connectivity index (χ0) is 16.9. The van der Waals surface area contributed by atoms with Crippen LogP contribution in [0.25, 0.3) is 0 Å². The predicted molar refractivity (Wildman–Crippen MR) is 80.0 cm³/mol. The zero-order valence-corrected chi connectivity index (χ0v) is 12.3. The molecule has 0 atom stereocenters. The molecule has 0 amide bonds. The lowest BCUT2D eigenvalue weighted by Gasteiger charge is -2.02. The summed E-state index contributed by atoms with van der Waals surface area (Å²) in [5.41, 5.74) is -0.0700. The SMILES string of the molecule is N#CC(=NOS(=O)(=O)c1ccc([N+](=O)[O-])cc1)c1ccccc1. The van der Waals surface area contributed by atoms with Gasteiger partial charge in [0.15, 0.2) is 5.71 Å². The Morgan fingerprint density at radius 3 is 2.26 bits per heavy atom. The molecule has 8 nitrogen and oxygen atoms in total. The van der Waals surface area contributed by atoms with Gasteiger partial charge in [-0.05, 0) is 12.1 Å². The van der Waals surface area contributed by atoms with Gasteiger partial charge in [-0.1, -0.05) is 35.5 Å². The van der Waals surface area contributed by atoms with Crippen molar-refractivity contribution in [3.8, 4) is 6.07 Å². The van der Waals surface area contributed by atoms with E-state index in [4.69, 9.17) is 5.26 Å². The summed E-state index contributed by atoms with van der Waals surface area (Å²) in [7, 11) is -4.28. The maximum Gasteiger partial charge on any atom is 0.358 e. The van der Waals surface area contributed by atoms with Crippen LogP contribution in [-0.4, -0.2) is 19.1 Å². The van der Waals surface area contributed by atoms with Crippen molar-refractivity contribution >= 4 is 21.5 Å². The molecule has 0 heterocycles. The number of nitrogens with zero attached hydrogens (tertiary/aromatic N) is 3. The van der Waals surface area contributed by atoms with Gasteiger partial charge in [-0.2, -0.15) is 13.7 Å². The molecule has 0 aromatic heterocycles. The number of hydrogen-bond acceptors (Lipinski definition) is 7. The highest BCUT2D eigenvalue weighted by Crippen LogP contribution is 2.18. The van der Waals surface area contributed by atoms with Crippen molar-refractivity contribution in [2.75, 3.05) is 0 Å². The maximum atomic E-state index is 12.0. The van der Waals surface area contributed by atoms with Crippen LogP contribution in [0, 0.1) is 21.4 Å². The fraction of sp³-hybridized carbons (Fsp3) is 0. The van der Waals surface area contributed by atoms with Gasteiger partial charge in [0.25, 0.3) is 5.69 Å². The minimum Gasteiger partial charge on any atom is -0.263 e. The second kappa shape index (κ2) is 6.67. The Morgan fingerprint density at radius 2 is 1.74 bits per heavy atom. The van der Waals surface area contributed by atoms with Crippen LogP contribution in [0.15, 0.2) is 64.6 Å². The van der Waals surface area contributed by atoms with E-state index in [9.17, 15) is 18.5 Å². The molecule has 23 heavy (non-hydrogen) atoms. The number of oxime groups is 1. The van der Waals surface area contributed by atoms with E-state index >= 15 is 0 Å². The molecule has 2 rings (SSSR count). The second-order valence-corrected chi connectivity index (χ2v) is 5.73. The molecule has 0 saturated carbocycles. The monoisotopic (exact) mass is 331 g/mol. The number of nitro benzene ring substituents is 1. The summed E-state index contributed by atoms with van der Waals surface area (Å²) in [6.07, 6.45) is 0. The molecule has 0 fully saturated rings. The van der Waals surface area contributed by atoms with Crippen molar-refractivity contribution in [2.45, 2.75) is 4.90 Å². The fourth-order valence-electron chi connectivity index (χ4n) is 1.60. The summed E-state index contributed by atoms with van der Waals surface area (Å²) in [6.45, 7) is 0. The Morgan fingerprint density at radius 1 is 1.13 bits per heavy atom. The summed E-state index contributed by atoms with van der Waals surface area (Å²) >= 11 is 0. The van der Waals surface area contributed by atoms with Crippen LogP contribution in [0.5, 0.6) is 0 Å². The quantitative estimate of drug-likeness (QED) is 0.470. The molecule has 0 radical (unpaired) electrons. The van der Waals surface area contributed by atoms with Crippen LogP contribution >= 0.6 is 0 Å². The normalized spacial score (nSPS) is 11.5. The lowest BCUT2D eigenvalue weighted by molar-refractivity contribution is -0.384. The van der Waals surface area contributed by atoms with Gasteiger partial charge in [0, 0.05) is 17.7 Å². The molecule has 0 unspecified atom stereocenters. The predicted octanol–water partition coefficient (Wildman–Crippen LogP) is 2.23. The summed E-state index contributed by atoms with van der Waals surface area (Å²) in [6, 6.07) is 14.0. The van der Waals surface area contributed by atoms with E-state index in [2.05, 4.69) is 9.44 Å². The van der Waals surface area contributed by atoms with E-state index in [1.54, 1.807) is 36.4 Å². The first kappa shape index (κ1) is 16.1. The number of hydrogen-bond donors (Lipinski definition) is 0. The van der Waals surface area contributed by atoms with E-state index in [0.29, 0.717) is 5.56 Å². The van der Waals surface area contributed by atoms with Crippen molar-refractivity contribution in [3.05, 3.63) is 70.3 Å². The van der Waals surface area contributed by atoms with Crippen LogP contribution in [0.4, 0.5) is 5.69 Å². The Labute approximate surface area is 131 Å². The Hall–Kier alpha value is -3.25. The smallest absolute Gasteiger partial charge is 0.263 e. The summed E-state index contributed by atoms with van der Waals surface area (Å²) in [4.78, 5) is 9.58. The molecule has 116 valence electrons. The highest BCUT2D eigenvalue weighted by Gasteiger charge is 2.18. The van der Waals surface area contributed by atoms with E-state index < -0.39 is 15.0 Å². The minimum absolute atomic E-state index is 0.212. The van der Waals surface area contributed by atoms with Crippen molar-refractivity contribution < 1.29 is 17.6 Å². The third-order valence-corrected chi connectivity index (χ3v) is 3.84. The van der Waals surface area contributed by atoms with Gasteiger partial charge in [-0.3, -0.25) is 14.4 Å². The van der Waals surface area contributed by atoms with Crippen molar-refractivity contribution in [3.63, 3.8) is 0 Å². The lowest BCUT2D eigenvalue weighted by Crippen LogP contribution is -2.06. The topological polar surface area (TPSA) is 123 Å². The highest BCUT2D eigenvalue weighted by atomic mass is 32.2. The van der Waals surface area contributed by atoms with Crippen LogP contribution in [0.1, 0.15) is 5.56 Å². The van der Waals surface area contributed by atoms with Gasteiger partial charge in [0.1, 0.15) is 11.0 Å². The van der Waals surface area contributed by atoms with Crippen LogP contribution < -0.4 is 0 Å². The van der Waals surface area contributed by atoms with Gasteiger partial charge in [0.05, 0.1) is 4.92 Å². The molecular formula is C14H9N3O5S. The van der Waals surface area contributed by atoms with Crippen LogP contribution in [-0.2, 0) is 14.4 Å². The van der Waals surface area contributed by atoms with Crippen LogP contribution in [0.2, 0.25) is 0 Å². The van der Waals surface area contributed by atoms with E-state index in [-0.39, 0.29) is 16.3 Å². The van der Waals surface area contributed by atoms with Gasteiger partial charge in [-0.25, -0.2) is 0 Å². The molecule has 0 aliphatic rings. The zero-order valence-electron chi connectivity index (χ0n) is 11.5. The number of nitro groups is 1. The summed E-state index contributed by atoms with van der Waals surface area (Å²) < 4.78 is 28.4. The van der Waals surface area contributed by atoms with Gasteiger partial charge in [-0.15, -0.1) is 0 Å². The fourth-order valence-corrected chi connectivity index (χ4v) is 2.33. The van der Waals surface area contributed by atoms with E-state index in [1.807, 2.05) is 0 Å². The third-order valence-electron chi connectivity index (χ3n) is 2.72. The van der Waals surface area contributed by atoms with Crippen molar-refractivity contribution in [2.24, 2.45) is 5.16 Å². The molecule has 9 heteroatoms. The van der Waals surface area contributed by atoms with Crippen molar-refractivity contribution in [1.82, 2.24) is 0 Å². The van der Waals surface area contributed by atoms with Gasteiger partial charge >= 0.3 is 10.1 Å². The summed E-state index contributed by atoms with van der Waals surface area (Å²) in [5.74, 6) is 0. The molecule has 0 aliphatic heterocycles. The van der Waals surface area contributed by atoms with E-state index in [0.717, 1.165) is 24.3 Å². The highest BCUT2D eigenvalue weighted by molar-refractivity contribution is 7.86. The van der Waals surface area contributed by atoms with E-state index in [1.165, 1.54) is 0 Å². The van der Waals surface area contributed by atoms with Gasteiger partial charge in [0.2, 0.25) is 0 Å². The Balaban J connectivity index is 2.25. The van der Waals surface area contributed by atoms with Gasteiger partial charge < -0.3 is 0 Å². The average Bonchev–Trinajstić information content (AvgIpc) is 2.56. The van der Waals surface area contributed by atoms with Crippen LogP contribution in [0.3, 0.4) is 0 Å². The molecular weight excluding hydrogens is 322 g/mol. The Kier molecular flexibility index (Phi) is 4.68. The molecule has 0 spiro atoms. The molecule has 0 saturated heterocycles. The average molecular weight is 331 g/mol. The standard InChI is InChI=1S/C14H9N3O5S/c15-10-14(11-4-2-1-3-5-11)16-22-23(20,21)13-8-6-12(7-9-13)17(18)19/h1-9H. The van der Waals surface area contributed by atoms with Crippen molar-refractivity contribution in [1.29, 1.82) is 5.26 Å². The Bertz CT molecular complexity index is 884. The molecule has 2 aromatic rings. The first-order chi connectivity index (χ1) is 10.9. The largest absolute Gasteiger partial charge is 0.358 e. The lowest BCUT2D eigenvalue weighted by atomic mass is 10.1. The number of non-ortho nitro benzene ring substituents is 1. The number of nitriles is 1. The number of rotatable bonds is 5. The molecule has 0 N–H and O–H groups in total. The first-order valence-corrected chi connectivity index (χ1v) is 7.56. The second-order valence-electron chi connectivity index (χ2n) is 4.20. The number of benzene rings is 2. The minimum atomic E-state index is -4.28. The summed E-state index contributed by atoms with van der Waals surface area (Å²) in [5, 5.41) is 22.9. The molecule has 2 aromatic carbocycles.